The van der Waals surface area contributed by atoms with Gasteiger partial charge in [-0.1, -0.05) is 25.6 Å². The van der Waals surface area contributed by atoms with Crippen LogP contribution in [0.5, 0.6) is 0 Å². The molecule has 1 aliphatic rings. The molecule has 1 fully saturated rings. The number of carbonyl (C=O) groups is 6. The van der Waals surface area contributed by atoms with Crippen LogP contribution in [0.4, 0.5) is 4.79 Å². The molecule has 0 saturated carbocycles. The minimum absolute atomic E-state index is 0.0135. The third kappa shape index (κ3) is 9.54. The fourth-order valence-corrected chi connectivity index (χ4v) is 2.95. The Kier molecular flexibility index (Phi) is 10.0. The predicted molar refractivity (Wildman–Crippen MR) is 105 cm³/mol. The van der Waals surface area contributed by atoms with Crippen LogP contribution in [0.2, 0.25) is 0 Å². The maximum atomic E-state index is 12.2. The maximum Gasteiger partial charge on any atom is 0.509 e. The van der Waals surface area contributed by atoms with E-state index in [2.05, 4.69) is 10.6 Å². The summed E-state index contributed by atoms with van der Waals surface area (Å²) < 4.78 is 9.67. The number of nitrogens with one attached hydrogen (secondary N) is 2. The first-order valence-electron chi connectivity index (χ1n) is 8.98. The Morgan fingerprint density at radius 1 is 1.17 bits per heavy atom. The van der Waals surface area contributed by atoms with Crippen molar-refractivity contribution in [2.75, 3.05) is 25.4 Å². The second-order valence-electron chi connectivity index (χ2n) is 6.95. The predicted octanol–water partition coefficient (Wildman–Crippen LogP) is 0.0303. The summed E-state index contributed by atoms with van der Waals surface area (Å²) in [5, 5.41) is 13.1. The molecule has 166 valence electrons. The summed E-state index contributed by atoms with van der Waals surface area (Å²) in [6.45, 7) is 3.68. The molecule has 11 nitrogen and oxygen atoms in total. The van der Waals surface area contributed by atoms with E-state index in [0.717, 1.165) is 17.8 Å². The zero-order chi connectivity index (χ0) is 22.7. The molecule has 30 heavy (non-hydrogen) atoms. The fraction of sp³-hybridized carbons (Fsp3) is 0.556. The Labute approximate surface area is 176 Å². The van der Waals surface area contributed by atoms with Gasteiger partial charge < -0.3 is 25.2 Å². The molecule has 1 atom stereocenters. The highest BCUT2D eigenvalue weighted by molar-refractivity contribution is 8.13. The van der Waals surface area contributed by atoms with Gasteiger partial charge in [-0.3, -0.25) is 19.2 Å². The Morgan fingerprint density at radius 2 is 1.87 bits per heavy atom. The van der Waals surface area contributed by atoms with Crippen molar-refractivity contribution < 1.29 is 43.3 Å². The van der Waals surface area contributed by atoms with Crippen molar-refractivity contribution in [3.63, 3.8) is 0 Å². The highest BCUT2D eigenvalue weighted by Crippen LogP contribution is 2.28. The summed E-state index contributed by atoms with van der Waals surface area (Å²) in [4.78, 5) is 68.3. The van der Waals surface area contributed by atoms with Crippen LogP contribution in [-0.2, 0) is 33.4 Å². The van der Waals surface area contributed by atoms with E-state index in [1.165, 1.54) is 0 Å². The smallest absolute Gasteiger partial charge is 0.478 e. The lowest BCUT2D eigenvalue weighted by molar-refractivity contribution is -0.149. The summed E-state index contributed by atoms with van der Waals surface area (Å²) in [5.74, 6) is -2.54. The van der Waals surface area contributed by atoms with Crippen LogP contribution in [0.15, 0.2) is 12.2 Å². The quantitative estimate of drug-likeness (QED) is 0.171. The Hall–Kier alpha value is -2.89. The van der Waals surface area contributed by atoms with Gasteiger partial charge in [0.05, 0.1) is 6.42 Å². The van der Waals surface area contributed by atoms with Gasteiger partial charge in [-0.25, -0.2) is 9.59 Å². The lowest BCUT2D eigenvalue weighted by Crippen LogP contribution is -2.52. The van der Waals surface area contributed by atoms with Crippen LogP contribution in [0.1, 0.15) is 26.7 Å². The first kappa shape index (κ1) is 25.1. The van der Waals surface area contributed by atoms with Gasteiger partial charge in [-0.15, -0.1) is 0 Å². The zero-order valence-electron chi connectivity index (χ0n) is 16.6. The van der Waals surface area contributed by atoms with Gasteiger partial charge in [0.25, 0.3) is 5.91 Å². The summed E-state index contributed by atoms with van der Waals surface area (Å²) in [6, 6.07) is 0. The molecule has 0 aromatic carbocycles. The van der Waals surface area contributed by atoms with E-state index in [9.17, 15) is 28.8 Å². The molecule has 12 heteroatoms. The van der Waals surface area contributed by atoms with Crippen molar-refractivity contribution in [3.8, 4) is 0 Å². The largest absolute Gasteiger partial charge is 0.509 e. The van der Waals surface area contributed by atoms with Crippen molar-refractivity contribution in [3.05, 3.63) is 12.2 Å². The maximum absolute atomic E-state index is 12.2. The highest BCUT2D eigenvalue weighted by atomic mass is 32.2. The van der Waals surface area contributed by atoms with E-state index < -0.39 is 46.9 Å². The van der Waals surface area contributed by atoms with E-state index in [0.29, 0.717) is 6.08 Å². The number of aliphatic carboxylic acids is 1. The Morgan fingerprint density at radius 3 is 2.53 bits per heavy atom. The van der Waals surface area contributed by atoms with Gasteiger partial charge in [-0.05, 0) is 6.08 Å². The van der Waals surface area contributed by atoms with Gasteiger partial charge in [0.2, 0.25) is 5.91 Å². The second-order valence-corrected chi connectivity index (χ2v) is 8.10. The van der Waals surface area contributed by atoms with Gasteiger partial charge >= 0.3 is 12.1 Å². The lowest BCUT2D eigenvalue weighted by atomic mass is 9.86. The average molecular weight is 444 g/mol. The van der Waals surface area contributed by atoms with E-state index >= 15 is 0 Å². The molecule has 0 unspecified atom stereocenters. The number of cyclic esters (lactones) is 2. The molecule has 3 N–H and O–H groups in total. The topological polar surface area (TPSA) is 165 Å². The molecule has 1 aliphatic heterocycles. The lowest BCUT2D eigenvalue weighted by Gasteiger charge is -2.35. The molecule has 0 aromatic heterocycles. The van der Waals surface area contributed by atoms with Crippen LogP contribution in [0.3, 0.4) is 0 Å². The van der Waals surface area contributed by atoms with Crippen molar-refractivity contribution in [2.24, 2.45) is 5.41 Å². The van der Waals surface area contributed by atoms with E-state index in [1.54, 1.807) is 13.8 Å². The summed E-state index contributed by atoms with van der Waals surface area (Å²) in [6.07, 6.45) is -0.899. The van der Waals surface area contributed by atoms with Crippen molar-refractivity contribution in [1.29, 1.82) is 0 Å². The summed E-state index contributed by atoms with van der Waals surface area (Å²) in [7, 11) is 0. The summed E-state index contributed by atoms with van der Waals surface area (Å²) >= 11 is 0.843. The minimum Gasteiger partial charge on any atom is -0.478 e. The summed E-state index contributed by atoms with van der Waals surface area (Å²) in [5.41, 5.74) is -0.700. The number of carboxylic acids is 1. The van der Waals surface area contributed by atoms with Crippen LogP contribution >= 0.6 is 11.8 Å². The van der Waals surface area contributed by atoms with E-state index in [1.807, 2.05) is 0 Å². The first-order chi connectivity index (χ1) is 14.0. The number of carbonyl (C=O) groups excluding carboxylic acids is 5. The number of carboxylic acid groups (broad SMARTS) is 1. The van der Waals surface area contributed by atoms with Crippen LogP contribution < -0.4 is 10.6 Å². The standard InChI is InChI=1S/C18H24N2O9S/c1-18(2)10-28-17(27)29-15(18)16(26)20-6-5-12(22)19-7-8-30-14(25)9-11(21)3-4-13(23)24/h3-4,15H,5-10H2,1-2H3,(H,19,22)(H,20,26)(H,23,24)/b4-3+/t15-/m0/s1. The van der Waals surface area contributed by atoms with E-state index in [-0.39, 0.29) is 37.8 Å². The Bertz CT molecular complexity index is 733. The van der Waals surface area contributed by atoms with Crippen LogP contribution in [0, 0.1) is 5.41 Å². The first-order valence-corrected chi connectivity index (χ1v) is 9.97. The second kappa shape index (κ2) is 12.0. The molecule has 0 aliphatic carbocycles. The zero-order valence-corrected chi connectivity index (χ0v) is 17.4. The number of allylic oxidation sites excluding steroid dienone is 1. The molecular formula is C18H24N2O9S. The monoisotopic (exact) mass is 444 g/mol. The third-order valence-corrected chi connectivity index (χ3v) is 4.67. The molecule has 0 bridgehead atoms. The normalized spacial score (nSPS) is 17.5. The third-order valence-electron chi connectivity index (χ3n) is 3.79. The van der Waals surface area contributed by atoms with Crippen molar-refractivity contribution in [2.45, 2.75) is 32.8 Å². The molecule has 0 spiro atoms. The molecule has 2 amide bonds. The molecular weight excluding hydrogens is 420 g/mol. The van der Waals surface area contributed by atoms with Gasteiger partial charge in [0.1, 0.15) is 6.61 Å². The number of thioether (sulfide) groups is 1. The average Bonchev–Trinajstić information content (AvgIpc) is 2.65. The number of hydrogen-bond acceptors (Lipinski definition) is 9. The molecule has 1 heterocycles. The number of ketones is 1. The van der Waals surface area contributed by atoms with Gasteiger partial charge in [0.15, 0.2) is 17.0 Å². The van der Waals surface area contributed by atoms with Crippen molar-refractivity contribution in [1.82, 2.24) is 10.6 Å². The SMILES string of the molecule is CC1(C)COC(=O)O[C@H]1C(=O)NCCC(=O)NCCSC(=O)CC(=O)/C=C/C(=O)O. The van der Waals surface area contributed by atoms with E-state index in [4.69, 9.17) is 14.6 Å². The fourth-order valence-electron chi connectivity index (χ4n) is 2.27. The number of amides is 2. The number of ether oxygens (including phenoxy) is 2. The number of hydrogen-bond donors (Lipinski definition) is 3. The molecule has 0 radical (unpaired) electrons. The number of rotatable bonds is 11. The van der Waals surface area contributed by atoms with Crippen molar-refractivity contribution >= 4 is 46.6 Å². The van der Waals surface area contributed by atoms with Gasteiger partial charge in [0, 0.05) is 36.8 Å². The van der Waals surface area contributed by atoms with Gasteiger partial charge in [-0.2, -0.15) is 0 Å². The molecule has 0 aromatic rings. The highest BCUT2D eigenvalue weighted by Gasteiger charge is 2.43. The minimum atomic E-state index is -1.28. The molecule has 1 rings (SSSR count). The Balaban J connectivity index is 2.19. The molecule has 1 saturated heterocycles. The van der Waals surface area contributed by atoms with Crippen LogP contribution in [-0.4, -0.2) is 71.5 Å². The van der Waals surface area contributed by atoms with Crippen LogP contribution in [0.25, 0.3) is 0 Å².